The summed E-state index contributed by atoms with van der Waals surface area (Å²) in [6, 6.07) is 15.2. The number of halogens is 2. The molecule has 3 aromatic carbocycles. The number of fused-ring (bicyclic) bond motifs is 1. The summed E-state index contributed by atoms with van der Waals surface area (Å²) in [5, 5.41) is 11.4. The van der Waals surface area contributed by atoms with Gasteiger partial charge >= 0.3 is 5.97 Å². The van der Waals surface area contributed by atoms with E-state index in [1.165, 1.54) is 12.1 Å². The SMILES string of the molecule is O=C(O)c1cc(-c2ccc(Cl)c3ccccc23)ccc1F. The number of carboxylic acid groups (broad SMARTS) is 1. The highest BCUT2D eigenvalue weighted by molar-refractivity contribution is 6.36. The van der Waals surface area contributed by atoms with Gasteiger partial charge in [0.2, 0.25) is 0 Å². The Morgan fingerprint density at radius 1 is 1.00 bits per heavy atom. The third kappa shape index (κ3) is 2.36. The van der Waals surface area contributed by atoms with Crippen LogP contribution >= 0.6 is 11.6 Å². The summed E-state index contributed by atoms with van der Waals surface area (Å²) in [6.45, 7) is 0. The minimum Gasteiger partial charge on any atom is -0.478 e. The summed E-state index contributed by atoms with van der Waals surface area (Å²) >= 11 is 6.17. The molecule has 1 N–H and O–H groups in total. The molecule has 0 amide bonds. The topological polar surface area (TPSA) is 37.3 Å². The largest absolute Gasteiger partial charge is 0.478 e. The van der Waals surface area contributed by atoms with Gasteiger partial charge in [-0.2, -0.15) is 0 Å². The van der Waals surface area contributed by atoms with Crippen molar-refractivity contribution in [2.24, 2.45) is 0 Å². The second-order valence-corrected chi connectivity index (χ2v) is 5.05. The Bertz CT molecular complexity index is 859. The monoisotopic (exact) mass is 300 g/mol. The van der Waals surface area contributed by atoms with Gasteiger partial charge in [-0.1, -0.05) is 48.0 Å². The third-order valence-electron chi connectivity index (χ3n) is 3.38. The molecule has 0 unspecified atom stereocenters. The Labute approximate surface area is 125 Å². The second kappa shape index (κ2) is 5.19. The van der Waals surface area contributed by atoms with Gasteiger partial charge in [0.15, 0.2) is 0 Å². The first-order valence-corrected chi connectivity index (χ1v) is 6.66. The highest BCUT2D eigenvalue weighted by Crippen LogP contribution is 2.33. The molecular formula is C17H10ClFO2. The molecule has 0 aliphatic rings. The zero-order valence-corrected chi connectivity index (χ0v) is 11.6. The van der Waals surface area contributed by atoms with Crippen molar-refractivity contribution >= 4 is 28.3 Å². The molecule has 0 radical (unpaired) electrons. The lowest BCUT2D eigenvalue weighted by Gasteiger charge is -2.09. The molecule has 4 heteroatoms. The van der Waals surface area contributed by atoms with Crippen LogP contribution < -0.4 is 0 Å². The zero-order valence-electron chi connectivity index (χ0n) is 10.8. The van der Waals surface area contributed by atoms with E-state index < -0.39 is 11.8 Å². The molecule has 0 fully saturated rings. The molecule has 0 atom stereocenters. The molecule has 3 aromatic rings. The predicted molar refractivity (Wildman–Crippen MR) is 81.3 cm³/mol. The van der Waals surface area contributed by atoms with Crippen molar-refractivity contribution in [2.75, 3.05) is 0 Å². The van der Waals surface area contributed by atoms with E-state index in [1.54, 1.807) is 12.1 Å². The van der Waals surface area contributed by atoms with Gasteiger partial charge in [0, 0.05) is 10.4 Å². The van der Waals surface area contributed by atoms with Gasteiger partial charge in [0.1, 0.15) is 5.82 Å². The van der Waals surface area contributed by atoms with Crippen molar-refractivity contribution in [3.05, 3.63) is 71.0 Å². The van der Waals surface area contributed by atoms with Gasteiger partial charge in [-0.15, -0.1) is 0 Å². The average Bonchev–Trinajstić information content (AvgIpc) is 2.48. The summed E-state index contributed by atoms with van der Waals surface area (Å²) in [7, 11) is 0. The molecule has 0 bridgehead atoms. The fourth-order valence-corrected chi connectivity index (χ4v) is 2.60. The van der Waals surface area contributed by atoms with Crippen LogP contribution in [0.4, 0.5) is 4.39 Å². The number of hydrogen-bond acceptors (Lipinski definition) is 1. The highest BCUT2D eigenvalue weighted by Gasteiger charge is 2.13. The van der Waals surface area contributed by atoms with E-state index in [2.05, 4.69) is 0 Å². The van der Waals surface area contributed by atoms with Crippen molar-refractivity contribution in [1.82, 2.24) is 0 Å². The Kier molecular flexibility index (Phi) is 3.35. The van der Waals surface area contributed by atoms with Crippen LogP contribution in [0.3, 0.4) is 0 Å². The van der Waals surface area contributed by atoms with Crippen LogP contribution in [-0.4, -0.2) is 11.1 Å². The first kappa shape index (κ1) is 13.6. The average molecular weight is 301 g/mol. The zero-order chi connectivity index (χ0) is 15.0. The van der Waals surface area contributed by atoms with Crippen molar-refractivity contribution in [3.8, 4) is 11.1 Å². The van der Waals surface area contributed by atoms with Crippen LogP contribution in [0.15, 0.2) is 54.6 Å². The molecule has 2 nitrogen and oxygen atoms in total. The number of carboxylic acids is 1. The van der Waals surface area contributed by atoms with Gasteiger partial charge in [0.25, 0.3) is 0 Å². The quantitative estimate of drug-likeness (QED) is 0.723. The Morgan fingerprint density at radius 2 is 1.71 bits per heavy atom. The summed E-state index contributed by atoms with van der Waals surface area (Å²) in [5.74, 6) is -2.03. The molecular weight excluding hydrogens is 291 g/mol. The normalized spacial score (nSPS) is 10.8. The van der Waals surface area contributed by atoms with Crippen LogP contribution in [0, 0.1) is 5.82 Å². The summed E-state index contributed by atoms with van der Waals surface area (Å²) in [4.78, 5) is 11.1. The standard InChI is InChI=1S/C17H10ClFO2/c18-15-7-6-11(12-3-1-2-4-13(12)15)10-5-8-16(19)14(9-10)17(20)21/h1-9H,(H,20,21). The third-order valence-corrected chi connectivity index (χ3v) is 3.71. The van der Waals surface area contributed by atoms with Crippen LogP contribution in [0.5, 0.6) is 0 Å². The van der Waals surface area contributed by atoms with Gasteiger partial charge in [-0.3, -0.25) is 0 Å². The van der Waals surface area contributed by atoms with E-state index in [9.17, 15) is 9.18 Å². The molecule has 0 saturated heterocycles. The molecule has 0 heterocycles. The van der Waals surface area contributed by atoms with Crippen LogP contribution in [0.25, 0.3) is 21.9 Å². The van der Waals surface area contributed by atoms with E-state index in [1.807, 2.05) is 30.3 Å². The minimum atomic E-state index is -1.28. The fourth-order valence-electron chi connectivity index (χ4n) is 2.37. The van der Waals surface area contributed by atoms with Crippen molar-refractivity contribution in [1.29, 1.82) is 0 Å². The molecule has 0 aliphatic carbocycles. The molecule has 0 aromatic heterocycles. The van der Waals surface area contributed by atoms with Crippen molar-refractivity contribution in [2.45, 2.75) is 0 Å². The first-order chi connectivity index (χ1) is 10.1. The molecule has 3 rings (SSSR count). The maximum absolute atomic E-state index is 13.5. The molecule has 104 valence electrons. The number of carbonyl (C=O) groups is 1. The maximum atomic E-state index is 13.5. The molecule has 0 aliphatic heterocycles. The number of aromatic carboxylic acids is 1. The van der Waals surface area contributed by atoms with E-state index in [0.717, 1.165) is 16.3 Å². The van der Waals surface area contributed by atoms with E-state index in [-0.39, 0.29) is 5.56 Å². The van der Waals surface area contributed by atoms with Gasteiger partial charge in [-0.05, 0) is 34.7 Å². The molecule has 21 heavy (non-hydrogen) atoms. The lowest BCUT2D eigenvalue weighted by Crippen LogP contribution is -2.00. The van der Waals surface area contributed by atoms with Crippen molar-refractivity contribution < 1.29 is 14.3 Å². The Hall–Kier alpha value is -2.39. The molecule has 0 spiro atoms. The number of rotatable bonds is 2. The van der Waals surface area contributed by atoms with Crippen LogP contribution in [0.1, 0.15) is 10.4 Å². The van der Waals surface area contributed by atoms with Gasteiger partial charge in [0.05, 0.1) is 5.56 Å². The van der Waals surface area contributed by atoms with E-state index >= 15 is 0 Å². The van der Waals surface area contributed by atoms with Crippen LogP contribution in [-0.2, 0) is 0 Å². The number of benzene rings is 3. The smallest absolute Gasteiger partial charge is 0.338 e. The predicted octanol–water partition coefficient (Wildman–Crippen LogP) is 5.00. The summed E-state index contributed by atoms with van der Waals surface area (Å²) < 4.78 is 13.5. The van der Waals surface area contributed by atoms with Crippen LogP contribution in [0.2, 0.25) is 5.02 Å². The highest BCUT2D eigenvalue weighted by atomic mass is 35.5. The lowest BCUT2D eigenvalue weighted by atomic mass is 9.97. The first-order valence-electron chi connectivity index (χ1n) is 6.28. The maximum Gasteiger partial charge on any atom is 0.338 e. The lowest BCUT2D eigenvalue weighted by molar-refractivity contribution is 0.0692. The minimum absolute atomic E-state index is 0.341. The van der Waals surface area contributed by atoms with Gasteiger partial charge in [-0.25, -0.2) is 9.18 Å². The summed E-state index contributed by atoms with van der Waals surface area (Å²) in [5.41, 5.74) is 1.12. The fraction of sp³-hybridized carbons (Fsp3) is 0. The van der Waals surface area contributed by atoms with Gasteiger partial charge < -0.3 is 5.11 Å². The second-order valence-electron chi connectivity index (χ2n) is 4.64. The van der Waals surface area contributed by atoms with E-state index in [4.69, 9.17) is 16.7 Å². The Balaban J connectivity index is 2.29. The number of hydrogen-bond donors (Lipinski definition) is 1. The van der Waals surface area contributed by atoms with E-state index in [0.29, 0.717) is 10.6 Å². The summed E-state index contributed by atoms with van der Waals surface area (Å²) in [6.07, 6.45) is 0. The Morgan fingerprint density at radius 3 is 2.43 bits per heavy atom. The molecule has 0 saturated carbocycles. The van der Waals surface area contributed by atoms with Crippen molar-refractivity contribution in [3.63, 3.8) is 0 Å².